The molecule has 12 heteroatoms. The number of nitrogens with two attached hydrogens (primary N) is 2. The molecular weight excluding hydrogens is 574 g/mol. The number of rotatable bonds is 8. The van der Waals surface area contributed by atoms with Gasteiger partial charge in [-0.2, -0.15) is 0 Å². The highest BCUT2D eigenvalue weighted by Crippen LogP contribution is 2.56. The lowest BCUT2D eigenvalue weighted by atomic mass is 10.0. The van der Waals surface area contributed by atoms with E-state index in [1.54, 1.807) is 121 Å². The van der Waals surface area contributed by atoms with Crippen molar-refractivity contribution in [2.24, 2.45) is 11.5 Å². The predicted octanol–water partition coefficient (Wildman–Crippen LogP) is 6.32. The topological polar surface area (TPSA) is 163 Å². The van der Waals surface area contributed by atoms with Crippen LogP contribution in [0.1, 0.15) is 6.42 Å². The first-order chi connectivity index (χ1) is 20.0. The van der Waals surface area contributed by atoms with Crippen molar-refractivity contribution >= 4 is 38.2 Å². The molecule has 4 aromatic rings. The monoisotopic (exact) mass is 606 g/mol. The van der Waals surface area contributed by atoms with Crippen molar-refractivity contribution < 1.29 is 28.3 Å². The second-order valence-electron chi connectivity index (χ2n) is 9.26. The van der Waals surface area contributed by atoms with Crippen molar-refractivity contribution in [2.75, 3.05) is 9.34 Å². The van der Waals surface area contributed by atoms with Gasteiger partial charge in [-0.1, -0.05) is 78.9 Å². The van der Waals surface area contributed by atoms with Gasteiger partial charge in [0.2, 0.25) is 0 Å². The van der Waals surface area contributed by atoms with Crippen LogP contribution in [0.25, 0.3) is 0 Å². The van der Waals surface area contributed by atoms with E-state index in [1.165, 1.54) is 10.7 Å². The Morgan fingerprint density at radius 1 is 0.643 bits per heavy atom. The van der Waals surface area contributed by atoms with Gasteiger partial charge in [0.1, 0.15) is 0 Å². The molecule has 7 N–H and O–H groups in total. The summed E-state index contributed by atoms with van der Waals surface area (Å²) in [5, 5.41) is 0. The molecule has 2 unspecified atom stereocenters. The molecule has 10 nitrogen and oxygen atoms in total. The molecule has 4 aromatic carbocycles. The lowest BCUT2D eigenvalue weighted by Gasteiger charge is -2.35. The van der Waals surface area contributed by atoms with Crippen molar-refractivity contribution in [2.45, 2.75) is 12.1 Å². The number of hydrogen-bond acceptors (Lipinski definition) is 5. The predicted molar refractivity (Wildman–Crippen MR) is 166 cm³/mol. The Bertz CT molecular complexity index is 1520. The van der Waals surface area contributed by atoms with E-state index in [-0.39, 0.29) is 6.42 Å². The van der Waals surface area contributed by atoms with E-state index in [0.717, 1.165) is 4.67 Å². The van der Waals surface area contributed by atoms with E-state index in [4.69, 9.17) is 16.0 Å². The Kier molecular flexibility index (Phi) is 9.83. The molecule has 0 bridgehead atoms. The third-order valence-corrected chi connectivity index (χ3v) is 8.55. The Labute approximate surface area is 244 Å². The molecule has 0 heterocycles. The SMILES string of the molecule is NC1=CCC(N)(OP(=O)(O)N(c2ccccc2)c2ccccc2)C=C1.O=P(O)(O)N(c1ccccc1)c1ccccc1. The summed E-state index contributed by atoms with van der Waals surface area (Å²) < 4.78 is 32.5. The second kappa shape index (κ2) is 13.3. The number of benzene rings is 4. The Morgan fingerprint density at radius 3 is 1.31 bits per heavy atom. The molecule has 42 heavy (non-hydrogen) atoms. The Balaban J connectivity index is 0.000000208. The molecular formula is C30H32N4O6P2. The molecule has 0 spiro atoms. The summed E-state index contributed by atoms with van der Waals surface area (Å²) in [6.45, 7) is 0. The van der Waals surface area contributed by atoms with Crippen LogP contribution in [0, 0.1) is 0 Å². The van der Waals surface area contributed by atoms with E-state index < -0.39 is 21.2 Å². The zero-order valence-corrected chi connectivity index (χ0v) is 24.3. The molecule has 0 aromatic heterocycles. The molecule has 0 saturated heterocycles. The highest BCUT2D eigenvalue weighted by atomic mass is 31.2. The smallest absolute Gasteiger partial charge is 0.399 e. The van der Waals surface area contributed by atoms with Gasteiger partial charge in [-0.15, -0.1) is 0 Å². The third kappa shape index (κ3) is 8.06. The maximum absolute atomic E-state index is 13.2. The van der Waals surface area contributed by atoms with Crippen molar-refractivity contribution in [3.63, 3.8) is 0 Å². The minimum atomic E-state index is -4.39. The van der Waals surface area contributed by atoms with Crippen LogP contribution >= 0.6 is 15.5 Å². The number of nitrogens with zero attached hydrogens (tertiary/aromatic N) is 2. The van der Waals surface area contributed by atoms with Gasteiger partial charge in [-0.25, -0.2) is 18.5 Å². The fourth-order valence-electron chi connectivity index (χ4n) is 4.15. The summed E-state index contributed by atoms with van der Waals surface area (Å²) in [6, 6.07) is 34.9. The van der Waals surface area contributed by atoms with Gasteiger partial charge in [0.05, 0.1) is 22.7 Å². The molecule has 1 aliphatic rings. The van der Waals surface area contributed by atoms with Gasteiger partial charge in [-0.3, -0.25) is 10.3 Å². The lowest BCUT2D eigenvalue weighted by Crippen LogP contribution is -2.42. The van der Waals surface area contributed by atoms with Crippen LogP contribution in [0.3, 0.4) is 0 Å². The number of hydrogen-bond donors (Lipinski definition) is 5. The second-order valence-corrected chi connectivity index (χ2v) is 12.2. The molecule has 0 fully saturated rings. The van der Waals surface area contributed by atoms with Crippen LogP contribution in [0.4, 0.5) is 22.7 Å². The zero-order valence-electron chi connectivity index (χ0n) is 22.5. The molecule has 0 amide bonds. The van der Waals surface area contributed by atoms with Crippen LogP contribution in [0.15, 0.2) is 145 Å². The summed E-state index contributed by atoms with van der Waals surface area (Å²) in [4.78, 5) is 29.6. The van der Waals surface area contributed by atoms with Crippen molar-refractivity contribution in [3.05, 3.63) is 145 Å². The highest BCUT2D eigenvalue weighted by Gasteiger charge is 2.39. The fourth-order valence-corrected chi connectivity index (χ4v) is 6.53. The zero-order chi connectivity index (χ0) is 30.2. The molecule has 0 saturated carbocycles. The molecule has 1 aliphatic carbocycles. The van der Waals surface area contributed by atoms with Crippen LogP contribution in [0.2, 0.25) is 0 Å². The standard InChI is InChI=1S/C18H20N3O3P.C12H12NO3P/c19-15-11-13-18(20,14-12-15)24-25(22,23)21(16-7-3-1-4-8-16)17-9-5-2-6-10-17;14-17(15,16)13(11-7-3-1-4-8-11)12-9-5-2-6-10-12/h1-13H,14,19-20H2,(H,22,23);1-10H,(H2,14,15,16). The maximum Gasteiger partial charge on any atom is 0.439 e. The molecule has 0 radical (unpaired) electrons. The van der Waals surface area contributed by atoms with Gasteiger partial charge < -0.3 is 20.4 Å². The molecule has 5 rings (SSSR count). The first-order valence-electron chi connectivity index (χ1n) is 12.8. The van der Waals surface area contributed by atoms with Crippen molar-refractivity contribution in [1.82, 2.24) is 0 Å². The average Bonchev–Trinajstić information content (AvgIpc) is 2.96. The lowest BCUT2D eigenvalue weighted by molar-refractivity contribution is 0.110. The van der Waals surface area contributed by atoms with Gasteiger partial charge in [0.15, 0.2) is 5.72 Å². The average molecular weight is 607 g/mol. The minimum absolute atomic E-state index is 0.206. The normalized spacial score (nSPS) is 17.7. The molecule has 218 valence electrons. The van der Waals surface area contributed by atoms with Gasteiger partial charge in [-0.05, 0) is 60.7 Å². The molecule has 0 aliphatic heterocycles. The quantitative estimate of drug-likeness (QED) is 0.113. The maximum atomic E-state index is 13.2. The summed E-state index contributed by atoms with van der Waals surface area (Å²) in [7, 11) is -8.70. The van der Waals surface area contributed by atoms with Crippen molar-refractivity contribution in [3.8, 4) is 0 Å². The van der Waals surface area contributed by atoms with Crippen molar-refractivity contribution in [1.29, 1.82) is 0 Å². The van der Waals surface area contributed by atoms with E-state index >= 15 is 0 Å². The van der Waals surface area contributed by atoms with E-state index in [0.29, 0.717) is 28.4 Å². The van der Waals surface area contributed by atoms with Crippen LogP contribution in [-0.4, -0.2) is 20.4 Å². The van der Waals surface area contributed by atoms with Crippen LogP contribution in [-0.2, 0) is 13.7 Å². The van der Waals surface area contributed by atoms with E-state index in [9.17, 15) is 23.8 Å². The first-order valence-corrected chi connectivity index (χ1v) is 15.9. The molecule has 2 atom stereocenters. The number of allylic oxidation sites excluding steroid dienone is 1. The van der Waals surface area contributed by atoms with Gasteiger partial charge in [0, 0.05) is 12.1 Å². The first kappa shape index (κ1) is 31.0. The van der Waals surface area contributed by atoms with Crippen LogP contribution < -0.4 is 20.8 Å². The largest absolute Gasteiger partial charge is 0.439 e. The van der Waals surface area contributed by atoms with Gasteiger partial charge >= 0.3 is 15.5 Å². The van der Waals surface area contributed by atoms with E-state index in [2.05, 4.69) is 0 Å². The summed E-state index contributed by atoms with van der Waals surface area (Å²) >= 11 is 0. The fraction of sp³-hybridized carbons (Fsp3) is 0.0667. The minimum Gasteiger partial charge on any atom is -0.399 e. The summed E-state index contributed by atoms with van der Waals surface area (Å²) in [6.07, 6.45) is 4.94. The highest BCUT2D eigenvalue weighted by molar-refractivity contribution is 7.55. The number of anilines is 4. The Hall–Kier alpha value is -3.98. The summed E-state index contributed by atoms with van der Waals surface area (Å²) in [5.41, 5.74) is 12.9. The van der Waals surface area contributed by atoms with E-state index in [1.807, 2.05) is 12.1 Å². The summed E-state index contributed by atoms with van der Waals surface area (Å²) in [5.74, 6) is 0. The van der Waals surface area contributed by atoms with Crippen LogP contribution in [0.5, 0.6) is 0 Å². The van der Waals surface area contributed by atoms with Gasteiger partial charge in [0.25, 0.3) is 0 Å². The Morgan fingerprint density at radius 2 is 1.00 bits per heavy atom. The number of para-hydroxylation sites is 4. The third-order valence-electron chi connectivity index (χ3n) is 6.02.